The minimum atomic E-state index is -0.140. The van der Waals surface area contributed by atoms with Gasteiger partial charge in [0.2, 0.25) is 0 Å². The summed E-state index contributed by atoms with van der Waals surface area (Å²) in [6, 6.07) is 0.229. The summed E-state index contributed by atoms with van der Waals surface area (Å²) in [7, 11) is 0. The number of hydrogen-bond donors (Lipinski definition) is 4. The van der Waals surface area contributed by atoms with Crippen molar-refractivity contribution < 1.29 is 0 Å². The van der Waals surface area contributed by atoms with Crippen LogP contribution < -0.4 is 16.8 Å². The van der Waals surface area contributed by atoms with Gasteiger partial charge in [-0.05, 0) is 68.6 Å². The van der Waals surface area contributed by atoms with Crippen molar-refractivity contribution in [1.29, 1.82) is 5.41 Å². The van der Waals surface area contributed by atoms with Gasteiger partial charge >= 0.3 is 0 Å². The third kappa shape index (κ3) is 2.30. The molecular formula is C14H25N5. The Morgan fingerprint density at radius 2 is 1.63 bits per heavy atom. The summed E-state index contributed by atoms with van der Waals surface area (Å²) < 4.78 is 0. The zero-order valence-electron chi connectivity index (χ0n) is 11.7. The van der Waals surface area contributed by atoms with Crippen LogP contribution in [-0.4, -0.2) is 18.0 Å². The molecule has 0 aromatic heterocycles. The van der Waals surface area contributed by atoms with E-state index < -0.39 is 0 Å². The van der Waals surface area contributed by atoms with Crippen molar-refractivity contribution in [2.45, 2.75) is 51.5 Å². The Bertz CT molecular complexity index is 379. The fourth-order valence-corrected chi connectivity index (χ4v) is 5.21. The van der Waals surface area contributed by atoms with Gasteiger partial charge in [0.1, 0.15) is 0 Å². The van der Waals surface area contributed by atoms with Crippen LogP contribution in [-0.2, 0) is 0 Å². The molecule has 4 fully saturated rings. The second-order valence-corrected chi connectivity index (χ2v) is 7.01. The highest BCUT2D eigenvalue weighted by Gasteiger charge is 2.53. The molecule has 5 heteroatoms. The molecule has 4 aliphatic rings. The molecule has 1 unspecified atom stereocenters. The molecule has 6 N–H and O–H groups in total. The fourth-order valence-electron chi connectivity index (χ4n) is 5.21. The maximum atomic E-state index is 7.20. The van der Waals surface area contributed by atoms with Gasteiger partial charge in [-0.3, -0.25) is 10.7 Å². The Kier molecular flexibility index (Phi) is 2.95. The van der Waals surface area contributed by atoms with E-state index in [9.17, 15) is 0 Å². The van der Waals surface area contributed by atoms with Crippen LogP contribution in [0.3, 0.4) is 0 Å². The van der Waals surface area contributed by atoms with Crippen LogP contribution in [0.2, 0.25) is 0 Å². The van der Waals surface area contributed by atoms with Crippen molar-refractivity contribution in [1.82, 2.24) is 5.32 Å². The first-order valence-electron chi connectivity index (χ1n) is 7.41. The second-order valence-electron chi connectivity index (χ2n) is 7.01. The van der Waals surface area contributed by atoms with Gasteiger partial charge in [0.25, 0.3) is 0 Å². The number of nitrogens with one attached hydrogen (secondary N) is 2. The molecular weight excluding hydrogens is 238 g/mol. The molecule has 0 aliphatic heterocycles. The first kappa shape index (κ1) is 12.8. The molecule has 0 aromatic carbocycles. The average Bonchev–Trinajstić information content (AvgIpc) is 2.25. The van der Waals surface area contributed by atoms with Crippen molar-refractivity contribution >= 4 is 11.9 Å². The lowest BCUT2D eigenvalue weighted by Gasteiger charge is -2.58. The van der Waals surface area contributed by atoms with Gasteiger partial charge in [0, 0.05) is 0 Å². The highest BCUT2D eigenvalue weighted by Crippen LogP contribution is 2.61. The molecule has 0 heterocycles. The van der Waals surface area contributed by atoms with E-state index in [-0.39, 0.29) is 18.0 Å². The predicted octanol–water partition coefficient (Wildman–Crippen LogP) is 1.39. The summed E-state index contributed by atoms with van der Waals surface area (Å²) >= 11 is 0. The number of aliphatic imine (C=N–C) groups is 1. The van der Waals surface area contributed by atoms with E-state index in [2.05, 4.69) is 17.2 Å². The second kappa shape index (κ2) is 4.39. The van der Waals surface area contributed by atoms with Gasteiger partial charge in [0.05, 0.1) is 6.04 Å². The van der Waals surface area contributed by atoms with Crippen LogP contribution in [0.15, 0.2) is 4.99 Å². The first-order chi connectivity index (χ1) is 8.97. The normalized spacial score (nSPS) is 42.2. The van der Waals surface area contributed by atoms with Crippen molar-refractivity contribution in [3.05, 3.63) is 0 Å². The van der Waals surface area contributed by atoms with E-state index >= 15 is 0 Å². The lowest BCUT2D eigenvalue weighted by molar-refractivity contribution is -0.0633. The molecule has 1 atom stereocenters. The smallest absolute Gasteiger partial charge is 0.195 e. The van der Waals surface area contributed by atoms with E-state index in [0.29, 0.717) is 5.41 Å². The summed E-state index contributed by atoms with van der Waals surface area (Å²) in [6.07, 6.45) is 8.27. The number of guanidine groups is 2. The van der Waals surface area contributed by atoms with Gasteiger partial charge in [-0.2, -0.15) is 0 Å². The number of nitrogens with zero attached hydrogens (tertiary/aromatic N) is 1. The van der Waals surface area contributed by atoms with Gasteiger partial charge in [-0.15, -0.1) is 0 Å². The molecule has 0 aromatic rings. The molecule has 4 aliphatic carbocycles. The molecule has 0 spiro atoms. The molecule has 0 radical (unpaired) electrons. The molecule has 5 nitrogen and oxygen atoms in total. The van der Waals surface area contributed by atoms with Crippen LogP contribution >= 0.6 is 0 Å². The average molecular weight is 263 g/mol. The van der Waals surface area contributed by atoms with Crippen LogP contribution in [0.4, 0.5) is 0 Å². The van der Waals surface area contributed by atoms with Crippen LogP contribution in [0.1, 0.15) is 45.4 Å². The van der Waals surface area contributed by atoms with Crippen LogP contribution in [0.25, 0.3) is 0 Å². The van der Waals surface area contributed by atoms with Crippen LogP contribution in [0, 0.1) is 28.6 Å². The monoisotopic (exact) mass is 263 g/mol. The SMILES string of the molecule is CC(N=C(N)NC(=N)N)C12CC3CC(CC(C3)C1)C2. The molecule has 19 heavy (non-hydrogen) atoms. The van der Waals surface area contributed by atoms with Gasteiger partial charge in [0.15, 0.2) is 11.9 Å². The van der Waals surface area contributed by atoms with E-state index in [1.807, 2.05) is 0 Å². The Morgan fingerprint density at radius 3 is 2.05 bits per heavy atom. The highest BCUT2D eigenvalue weighted by atomic mass is 15.2. The lowest BCUT2D eigenvalue weighted by atomic mass is 9.48. The van der Waals surface area contributed by atoms with E-state index in [1.54, 1.807) is 0 Å². The van der Waals surface area contributed by atoms with Crippen LogP contribution in [0.5, 0.6) is 0 Å². The van der Waals surface area contributed by atoms with Gasteiger partial charge in [-0.1, -0.05) is 0 Å². The molecule has 106 valence electrons. The minimum Gasteiger partial charge on any atom is -0.370 e. The number of nitrogens with two attached hydrogens (primary N) is 2. The van der Waals surface area contributed by atoms with Crippen molar-refractivity contribution in [2.24, 2.45) is 39.6 Å². The topological polar surface area (TPSA) is 100 Å². The maximum Gasteiger partial charge on any atom is 0.195 e. The standard InChI is InChI=1S/C14H25N5/c1-8(18-13(17)19-12(15)16)14-5-9-2-10(6-14)4-11(3-9)7-14/h8-11H,2-7H2,1H3,(H6,15,16,17,18,19). The van der Waals surface area contributed by atoms with Crippen molar-refractivity contribution in [2.75, 3.05) is 0 Å². The Balaban J connectivity index is 1.76. The van der Waals surface area contributed by atoms with E-state index in [1.165, 1.54) is 38.5 Å². The van der Waals surface area contributed by atoms with E-state index in [4.69, 9.17) is 16.9 Å². The van der Waals surface area contributed by atoms with Crippen molar-refractivity contribution in [3.63, 3.8) is 0 Å². The zero-order valence-corrected chi connectivity index (χ0v) is 11.7. The first-order valence-corrected chi connectivity index (χ1v) is 7.41. The third-order valence-electron chi connectivity index (χ3n) is 5.57. The minimum absolute atomic E-state index is 0.140. The summed E-state index contributed by atoms with van der Waals surface area (Å²) in [4.78, 5) is 4.57. The summed E-state index contributed by atoms with van der Waals surface area (Å²) in [5, 5.41) is 9.79. The lowest BCUT2D eigenvalue weighted by Crippen LogP contribution is -2.51. The molecule has 4 saturated carbocycles. The molecule has 0 amide bonds. The summed E-state index contributed by atoms with van der Waals surface area (Å²) in [5.41, 5.74) is 11.5. The van der Waals surface area contributed by atoms with E-state index in [0.717, 1.165) is 17.8 Å². The maximum absolute atomic E-state index is 7.20. The number of hydrogen-bond acceptors (Lipinski definition) is 2. The fraction of sp³-hybridized carbons (Fsp3) is 0.857. The third-order valence-corrected chi connectivity index (χ3v) is 5.57. The summed E-state index contributed by atoms with van der Waals surface area (Å²) in [6.45, 7) is 2.18. The molecule has 0 saturated heterocycles. The molecule has 4 bridgehead atoms. The Labute approximate surface area is 114 Å². The quantitative estimate of drug-likeness (QED) is 0.447. The van der Waals surface area contributed by atoms with Crippen molar-refractivity contribution in [3.8, 4) is 0 Å². The zero-order chi connectivity index (χ0) is 13.6. The Morgan fingerprint density at radius 1 is 1.16 bits per heavy atom. The van der Waals surface area contributed by atoms with Gasteiger partial charge < -0.3 is 11.5 Å². The summed E-state index contributed by atoms with van der Waals surface area (Å²) in [5.74, 6) is 2.91. The van der Waals surface area contributed by atoms with Gasteiger partial charge in [-0.25, -0.2) is 4.99 Å². The number of rotatable bonds is 2. The predicted molar refractivity (Wildman–Crippen MR) is 76.7 cm³/mol. The Hall–Kier alpha value is -1.26. The highest BCUT2D eigenvalue weighted by molar-refractivity contribution is 5.95. The molecule has 4 rings (SSSR count). The largest absolute Gasteiger partial charge is 0.370 e.